The van der Waals surface area contributed by atoms with Crippen molar-refractivity contribution < 1.29 is 82.4 Å². The Kier molecular flexibility index (Phi) is 11.9. The Morgan fingerprint density at radius 1 is 0.955 bits per heavy atom. The van der Waals surface area contributed by atoms with Crippen LogP contribution in [0.5, 0.6) is 0 Å². The molecule has 1 amide bonds. The lowest BCUT2D eigenvalue weighted by molar-refractivity contribution is -0.398. The van der Waals surface area contributed by atoms with Gasteiger partial charge in [-0.1, -0.05) is 54.1 Å². The largest absolute Gasteiger partial charge is 0.481 e. The van der Waals surface area contributed by atoms with E-state index in [0.29, 0.717) is 11.1 Å². The monoisotopic (exact) mass is 917 g/mol. The fraction of sp³-hybridized carbons (Fsp3) is 0.562. The molecule has 5 aliphatic carbocycles. The van der Waals surface area contributed by atoms with E-state index in [4.69, 9.17) is 28.4 Å². The molecule has 0 radical (unpaired) electrons. The summed E-state index contributed by atoms with van der Waals surface area (Å²) in [5.74, 6) is -8.60. The molecule has 1 spiro atoms. The third-order valence-corrected chi connectivity index (χ3v) is 14.8. The van der Waals surface area contributed by atoms with Gasteiger partial charge in [0, 0.05) is 37.0 Å². The molecule has 2 aromatic carbocycles. The summed E-state index contributed by atoms with van der Waals surface area (Å²) in [5, 5.41) is 49.4. The Morgan fingerprint density at radius 3 is 2.20 bits per heavy atom. The van der Waals surface area contributed by atoms with Crippen LogP contribution in [0.1, 0.15) is 89.2 Å². The number of aliphatic carboxylic acids is 1. The van der Waals surface area contributed by atoms with E-state index in [1.807, 2.05) is 0 Å². The van der Waals surface area contributed by atoms with Crippen LogP contribution in [-0.2, 0) is 52.4 Å². The molecular weight excluding hydrogens is 863 g/mol. The number of ether oxygens (including phenoxy) is 6. The van der Waals surface area contributed by atoms with Gasteiger partial charge in [-0.2, -0.15) is 0 Å². The first-order valence-corrected chi connectivity index (χ1v) is 22.0. The minimum atomic E-state index is -2.13. The number of carboxylic acids is 1. The maximum absolute atomic E-state index is 15.0. The van der Waals surface area contributed by atoms with Gasteiger partial charge in [0.1, 0.15) is 42.2 Å². The first-order valence-electron chi connectivity index (χ1n) is 22.0. The lowest BCUT2D eigenvalue weighted by atomic mass is 9.22. The normalized spacial score (nSPS) is 35.6. The van der Waals surface area contributed by atoms with Gasteiger partial charge in [-0.15, -0.1) is 0 Å². The molecule has 354 valence electrons. The number of fused-ring (bicyclic) bond motifs is 3. The molecule has 1 aliphatic heterocycles. The van der Waals surface area contributed by atoms with Gasteiger partial charge >= 0.3 is 30.0 Å². The van der Waals surface area contributed by atoms with Crippen molar-refractivity contribution in [2.75, 3.05) is 13.2 Å². The van der Waals surface area contributed by atoms with Gasteiger partial charge in [0.15, 0.2) is 23.3 Å². The molecule has 5 fully saturated rings. The number of amides is 1. The zero-order valence-electron chi connectivity index (χ0n) is 37.4. The maximum Gasteiger partial charge on any atom is 0.408 e. The Labute approximate surface area is 379 Å². The summed E-state index contributed by atoms with van der Waals surface area (Å²) in [7, 11) is 0. The number of carbonyl (C=O) groups is 7. The summed E-state index contributed by atoms with van der Waals surface area (Å²) in [6, 6.07) is 14.8. The summed E-state index contributed by atoms with van der Waals surface area (Å²) in [5.41, 5.74) is -7.32. The van der Waals surface area contributed by atoms with Crippen LogP contribution in [0, 0.1) is 28.6 Å². The van der Waals surface area contributed by atoms with E-state index >= 15 is 0 Å². The molecule has 2 aromatic rings. The van der Waals surface area contributed by atoms with E-state index in [1.165, 1.54) is 19.1 Å². The predicted octanol–water partition coefficient (Wildman–Crippen LogP) is 2.94. The van der Waals surface area contributed by atoms with Crippen LogP contribution in [0.15, 0.2) is 71.8 Å². The van der Waals surface area contributed by atoms with Gasteiger partial charge < -0.3 is 54.2 Å². The molecule has 4 saturated carbocycles. The summed E-state index contributed by atoms with van der Waals surface area (Å²) in [6.07, 6.45) is -11.1. The lowest BCUT2D eigenvalue weighted by Crippen LogP contribution is -2.92. The molecule has 66 heavy (non-hydrogen) atoms. The number of aliphatic hydroxyl groups is 3. The van der Waals surface area contributed by atoms with Gasteiger partial charge in [-0.05, 0) is 64.3 Å². The summed E-state index contributed by atoms with van der Waals surface area (Å²) >= 11 is 0. The quantitative estimate of drug-likeness (QED) is 0.104. The molecule has 0 aromatic heterocycles. The van der Waals surface area contributed by atoms with Crippen LogP contribution in [0.3, 0.4) is 0 Å². The van der Waals surface area contributed by atoms with Crippen molar-refractivity contribution >= 4 is 41.5 Å². The molecule has 6 aliphatic rings. The van der Waals surface area contributed by atoms with Crippen LogP contribution in [0.25, 0.3) is 0 Å². The Hall–Kier alpha value is -5.53. The van der Waals surface area contributed by atoms with Gasteiger partial charge in [-0.3, -0.25) is 19.2 Å². The van der Waals surface area contributed by atoms with Crippen LogP contribution < -0.4 is 5.32 Å². The van der Waals surface area contributed by atoms with Crippen molar-refractivity contribution in [2.24, 2.45) is 28.6 Å². The third-order valence-electron chi connectivity index (χ3n) is 14.8. The third kappa shape index (κ3) is 7.14. The number of benzene rings is 2. The van der Waals surface area contributed by atoms with Gasteiger partial charge in [0.05, 0.1) is 42.1 Å². The number of nitrogens with one attached hydrogen (secondary N) is 1. The van der Waals surface area contributed by atoms with Crippen molar-refractivity contribution in [1.29, 1.82) is 0 Å². The van der Waals surface area contributed by atoms with Crippen molar-refractivity contribution in [1.82, 2.24) is 5.32 Å². The first-order chi connectivity index (χ1) is 31.0. The number of alkyl carbamates (subject to hydrolysis) is 1. The number of carboxylic acid groups (broad SMARTS) is 1. The Morgan fingerprint density at radius 2 is 1.61 bits per heavy atom. The standard InChI is InChI=1S/C48H55NO17/c1-23-32-35(55)39(56)45(6)29(52)19-30-46(22-62-30,65-24(2)50)38(45)40(64-41(57)26-15-11-8-12-16-26)47(60)20-28-36(33(23)48(28,32)47)63-42(58)37(61-21-27(51)17-18-31(53)54)34(25-13-9-7-10-14-25)49-43(59)66-44(3,4)5/h7-16,28-30,33-38,40,52,55,60H,17-22H2,1-6H3,(H,49,59)(H,53,54)/t28?,29-,30?,33?,34-,35+,36-,37+,38-,40-,45+,46?,47+,48?/m1/s1. The number of carbonyl (C=O) groups excluding carboxylic acids is 6. The zero-order chi connectivity index (χ0) is 47.9. The second kappa shape index (κ2) is 16.7. The molecular formula is C48H55NO17. The SMILES string of the molecule is CC(=O)OC12COC1C[C@@H](O)[C@]1(C)C(=O)[C@@H](O)C3=C(C)C4[C@H](OC(=O)[C@@H](OCC(=O)CCC(=O)O)[C@H](NC(=O)OC(C)(C)C)c5ccccc5)C5C[C@](O)([C@H](OC(=O)c6ccccc6)[C@@H]21)C354. The highest BCUT2D eigenvalue weighted by molar-refractivity contribution is 5.95. The van der Waals surface area contributed by atoms with Crippen molar-refractivity contribution in [2.45, 2.75) is 127 Å². The van der Waals surface area contributed by atoms with E-state index < -0.39 is 149 Å². The van der Waals surface area contributed by atoms with E-state index in [-0.39, 0.29) is 30.6 Å². The average molecular weight is 918 g/mol. The number of aliphatic hydroxyl groups excluding tert-OH is 2. The van der Waals surface area contributed by atoms with Crippen molar-refractivity contribution in [3.8, 4) is 0 Å². The second-order valence-electron chi connectivity index (χ2n) is 19.6. The van der Waals surface area contributed by atoms with Gasteiger partial charge in [0.25, 0.3) is 0 Å². The maximum atomic E-state index is 15.0. The van der Waals surface area contributed by atoms with Crippen LogP contribution in [0.2, 0.25) is 0 Å². The van der Waals surface area contributed by atoms with Crippen LogP contribution in [0.4, 0.5) is 4.79 Å². The zero-order valence-corrected chi connectivity index (χ0v) is 37.4. The molecule has 5 unspecified atom stereocenters. The minimum Gasteiger partial charge on any atom is -0.481 e. The van der Waals surface area contributed by atoms with Crippen LogP contribution >= 0.6 is 0 Å². The number of rotatable bonds is 14. The van der Waals surface area contributed by atoms with Crippen LogP contribution in [-0.4, -0.2) is 129 Å². The topological polar surface area (TPSA) is 268 Å². The fourth-order valence-electron chi connectivity index (χ4n) is 12.1. The van der Waals surface area contributed by atoms with Crippen molar-refractivity contribution in [3.05, 3.63) is 82.9 Å². The highest BCUT2D eigenvalue weighted by atomic mass is 16.6. The van der Waals surface area contributed by atoms with Crippen molar-refractivity contribution in [3.63, 3.8) is 0 Å². The summed E-state index contributed by atoms with van der Waals surface area (Å²) in [4.78, 5) is 94.2. The minimum absolute atomic E-state index is 0.0990. The molecule has 8 rings (SSSR count). The summed E-state index contributed by atoms with van der Waals surface area (Å²) < 4.78 is 36.0. The summed E-state index contributed by atoms with van der Waals surface area (Å²) in [6.45, 7) is 8.10. The number of hydrogen-bond donors (Lipinski definition) is 5. The van der Waals surface area contributed by atoms with E-state index in [0.717, 1.165) is 6.92 Å². The number of esters is 3. The molecule has 1 heterocycles. The van der Waals surface area contributed by atoms with Gasteiger partial charge in [-0.25, -0.2) is 14.4 Å². The Balaban J connectivity index is 1.19. The highest BCUT2D eigenvalue weighted by Gasteiger charge is 2.91. The molecule has 0 bridgehead atoms. The predicted molar refractivity (Wildman–Crippen MR) is 225 cm³/mol. The molecule has 1 saturated heterocycles. The number of ketones is 2. The van der Waals surface area contributed by atoms with E-state index in [9.17, 15) is 54.0 Å². The Bertz CT molecular complexity index is 2360. The number of Topliss-reactive ketones (excluding diaryl/α,β-unsaturated/α-hetero) is 2. The first kappa shape index (κ1) is 47.0. The molecule has 18 nitrogen and oxygen atoms in total. The lowest BCUT2D eigenvalue weighted by Gasteiger charge is -2.83. The molecule has 5 N–H and O–H groups in total. The van der Waals surface area contributed by atoms with Gasteiger partial charge in [0.2, 0.25) is 0 Å². The molecule has 14 atom stereocenters. The molecule has 18 heteroatoms. The van der Waals surface area contributed by atoms with E-state index in [2.05, 4.69) is 5.32 Å². The number of hydrogen-bond acceptors (Lipinski definition) is 16. The second-order valence-corrected chi connectivity index (χ2v) is 19.6. The smallest absolute Gasteiger partial charge is 0.408 e. The van der Waals surface area contributed by atoms with E-state index in [1.54, 1.807) is 76.2 Å². The highest BCUT2D eigenvalue weighted by Crippen LogP contribution is 2.84. The average Bonchev–Trinajstić information content (AvgIpc) is 3.24. The fourth-order valence-corrected chi connectivity index (χ4v) is 12.1.